The Morgan fingerprint density at radius 1 is 1.30 bits per heavy atom. The summed E-state index contributed by atoms with van der Waals surface area (Å²) in [5.41, 5.74) is 7.55. The van der Waals surface area contributed by atoms with Crippen LogP contribution in [-0.4, -0.2) is 29.7 Å². The monoisotopic (exact) mass is 318 g/mol. The number of anilines is 1. The molecule has 2 rings (SSSR count). The molecule has 4 nitrogen and oxygen atoms in total. The van der Waals surface area contributed by atoms with E-state index in [9.17, 15) is 4.79 Å². The summed E-state index contributed by atoms with van der Waals surface area (Å²) < 4.78 is 5.52. The van der Waals surface area contributed by atoms with Crippen molar-refractivity contribution in [3.8, 4) is 0 Å². The molecule has 4 heteroatoms. The molecule has 1 atom stereocenters. The molecule has 1 fully saturated rings. The maximum Gasteiger partial charge on any atom is 0.410 e. The lowest BCUT2D eigenvalue weighted by atomic mass is 9.77. The highest BCUT2D eigenvalue weighted by Crippen LogP contribution is 2.34. The van der Waals surface area contributed by atoms with Crippen LogP contribution in [0.4, 0.5) is 10.5 Å². The molecule has 1 unspecified atom stereocenters. The smallest absolute Gasteiger partial charge is 0.410 e. The molecule has 1 amide bonds. The molecule has 0 saturated carbocycles. The summed E-state index contributed by atoms with van der Waals surface area (Å²) in [7, 11) is 0. The molecule has 0 aromatic heterocycles. The van der Waals surface area contributed by atoms with E-state index in [0.29, 0.717) is 0 Å². The fraction of sp³-hybridized carbons (Fsp3) is 0.632. The van der Waals surface area contributed by atoms with E-state index in [1.807, 2.05) is 37.8 Å². The van der Waals surface area contributed by atoms with Crippen LogP contribution >= 0.6 is 0 Å². The third kappa shape index (κ3) is 5.45. The van der Waals surface area contributed by atoms with Crippen molar-refractivity contribution in [2.75, 3.05) is 18.8 Å². The zero-order valence-corrected chi connectivity index (χ0v) is 14.9. The van der Waals surface area contributed by atoms with Crippen LogP contribution in [0.3, 0.4) is 0 Å². The van der Waals surface area contributed by atoms with Crippen molar-refractivity contribution in [2.45, 2.75) is 59.0 Å². The second-order valence-electron chi connectivity index (χ2n) is 8.06. The number of rotatable bonds is 3. The summed E-state index contributed by atoms with van der Waals surface area (Å²) in [6.45, 7) is 9.59. The lowest BCUT2D eigenvalue weighted by Gasteiger charge is -2.41. The van der Waals surface area contributed by atoms with Gasteiger partial charge in [-0.2, -0.15) is 0 Å². The average molecular weight is 318 g/mol. The van der Waals surface area contributed by atoms with Gasteiger partial charge in [-0.1, -0.05) is 19.1 Å². The van der Waals surface area contributed by atoms with Crippen molar-refractivity contribution in [3.05, 3.63) is 29.8 Å². The van der Waals surface area contributed by atoms with Gasteiger partial charge in [-0.25, -0.2) is 4.79 Å². The third-order valence-corrected chi connectivity index (χ3v) is 4.43. The highest BCUT2D eigenvalue weighted by molar-refractivity contribution is 5.68. The first-order valence-electron chi connectivity index (χ1n) is 8.49. The maximum absolute atomic E-state index is 12.3. The summed E-state index contributed by atoms with van der Waals surface area (Å²) >= 11 is 0. The molecule has 1 saturated heterocycles. The molecule has 1 aromatic carbocycles. The Labute approximate surface area is 140 Å². The Morgan fingerprint density at radius 2 is 1.96 bits per heavy atom. The molecular weight excluding hydrogens is 288 g/mol. The van der Waals surface area contributed by atoms with Crippen molar-refractivity contribution >= 4 is 11.8 Å². The quantitative estimate of drug-likeness (QED) is 0.848. The van der Waals surface area contributed by atoms with Crippen LogP contribution in [0.15, 0.2) is 24.3 Å². The number of amides is 1. The van der Waals surface area contributed by atoms with E-state index in [2.05, 4.69) is 19.1 Å². The largest absolute Gasteiger partial charge is 0.444 e. The minimum absolute atomic E-state index is 0.149. The zero-order chi connectivity index (χ0) is 17.1. The fourth-order valence-electron chi connectivity index (χ4n) is 3.13. The van der Waals surface area contributed by atoms with Crippen LogP contribution in [0.1, 0.15) is 52.5 Å². The Hall–Kier alpha value is -1.71. The van der Waals surface area contributed by atoms with E-state index in [0.717, 1.165) is 44.5 Å². The second kappa shape index (κ2) is 6.81. The molecule has 2 N–H and O–H groups in total. The highest BCUT2D eigenvalue weighted by atomic mass is 16.6. The van der Waals surface area contributed by atoms with Crippen LogP contribution in [0.5, 0.6) is 0 Å². The number of piperidine rings is 1. The number of nitrogens with two attached hydrogens (primary N) is 1. The number of carbonyl (C=O) groups is 1. The molecule has 23 heavy (non-hydrogen) atoms. The normalized spacial score (nSPS) is 22.0. The van der Waals surface area contributed by atoms with Crippen molar-refractivity contribution in [2.24, 2.45) is 5.41 Å². The molecule has 1 aliphatic rings. The van der Waals surface area contributed by atoms with Gasteiger partial charge in [0.2, 0.25) is 0 Å². The van der Waals surface area contributed by atoms with Crippen LogP contribution in [0.25, 0.3) is 0 Å². The van der Waals surface area contributed by atoms with Gasteiger partial charge in [-0.05, 0) is 69.6 Å². The number of benzene rings is 1. The number of carbonyl (C=O) groups excluding carboxylic acids is 1. The number of likely N-dealkylation sites (tertiary alicyclic amines) is 1. The van der Waals surface area contributed by atoms with E-state index in [1.54, 1.807) is 0 Å². The SMILES string of the molecule is CC1(CCc2ccc(N)cc2)CCCN(C(=O)OC(C)(C)C)C1. The Kier molecular flexibility index (Phi) is 5.23. The molecule has 0 radical (unpaired) electrons. The summed E-state index contributed by atoms with van der Waals surface area (Å²) in [4.78, 5) is 14.2. The molecule has 0 spiro atoms. The van der Waals surface area contributed by atoms with Gasteiger partial charge in [0.05, 0.1) is 0 Å². The Morgan fingerprint density at radius 3 is 2.57 bits per heavy atom. The highest BCUT2D eigenvalue weighted by Gasteiger charge is 2.34. The maximum atomic E-state index is 12.3. The Balaban J connectivity index is 1.93. The topological polar surface area (TPSA) is 55.6 Å². The molecular formula is C19H30N2O2. The van der Waals surface area contributed by atoms with Crippen LogP contribution in [-0.2, 0) is 11.2 Å². The minimum Gasteiger partial charge on any atom is -0.444 e. The average Bonchev–Trinajstić information content (AvgIpc) is 2.45. The van der Waals surface area contributed by atoms with Gasteiger partial charge in [-0.3, -0.25) is 0 Å². The first-order chi connectivity index (χ1) is 10.7. The molecule has 0 aliphatic carbocycles. The molecule has 1 aliphatic heterocycles. The number of hydrogen-bond acceptors (Lipinski definition) is 3. The van der Waals surface area contributed by atoms with E-state index < -0.39 is 5.60 Å². The van der Waals surface area contributed by atoms with Gasteiger partial charge in [-0.15, -0.1) is 0 Å². The predicted molar refractivity (Wildman–Crippen MR) is 94.3 cm³/mol. The molecule has 1 aromatic rings. The fourth-order valence-corrected chi connectivity index (χ4v) is 3.13. The lowest BCUT2D eigenvalue weighted by molar-refractivity contribution is 0.00553. The van der Waals surface area contributed by atoms with Crippen molar-refractivity contribution in [1.29, 1.82) is 0 Å². The number of aryl methyl sites for hydroxylation is 1. The van der Waals surface area contributed by atoms with Crippen LogP contribution < -0.4 is 5.73 Å². The minimum atomic E-state index is -0.436. The van der Waals surface area contributed by atoms with E-state index in [4.69, 9.17) is 10.5 Å². The summed E-state index contributed by atoms with van der Waals surface area (Å²) in [6.07, 6.45) is 4.09. The number of nitrogens with zero attached hydrogens (tertiary/aromatic N) is 1. The van der Waals surface area contributed by atoms with Gasteiger partial charge in [0.25, 0.3) is 0 Å². The first-order valence-corrected chi connectivity index (χ1v) is 8.49. The van der Waals surface area contributed by atoms with Gasteiger partial charge < -0.3 is 15.4 Å². The van der Waals surface area contributed by atoms with Gasteiger partial charge in [0.15, 0.2) is 0 Å². The van der Waals surface area contributed by atoms with E-state index in [1.165, 1.54) is 5.56 Å². The zero-order valence-electron chi connectivity index (χ0n) is 14.9. The molecule has 1 heterocycles. The van der Waals surface area contributed by atoms with E-state index >= 15 is 0 Å². The summed E-state index contributed by atoms with van der Waals surface area (Å²) in [5, 5.41) is 0. The third-order valence-electron chi connectivity index (χ3n) is 4.43. The van der Waals surface area contributed by atoms with E-state index in [-0.39, 0.29) is 11.5 Å². The second-order valence-corrected chi connectivity index (χ2v) is 8.06. The van der Waals surface area contributed by atoms with Crippen molar-refractivity contribution < 1.29 is 9.53 Å². The lowest BCUT2D eigenvalue weighted by Crippen LogP contribution is -2.46. The summed E-state index contributed by atoms with van der Waals surface area (Å²) in [5.74, 6) is 0. The van der Waals surface area contributed by atoms with Crippen LogP contribution in [0, 0.1) is 5.41 Å². The van der Waals surface area contributed by atoms with Gasteiger partial charge in [0, 0.05) is 18.8 Å². The molecule has 0 bridgehead atoms. The van der Waals surface area contributed by atoms with Crippen molar-refractivity contribution in [3.63, 3.8) is 0 Å². The van der Waals surface area contributed by atoms with Gasteiger partial charge in [0.1, 0.15) is 5.60 Å². The molecule has 128 valence electrons. The first kappa shape index (κ1) is 17.6. The number of ether oxygens (including phenoxy) is 1. The summed E-state index contributed by atoms with van der Waals surface area (Å²) in [6, 6.07) is 8.08. The van der Waals surface area contributed by atoms with Crippen LogP contribution in [0.2, 0.25) is 0 Å². The standard InChI is InChI=1S/C19H30N2O2/c1-18(2,3)23-17(22)21-13-5-11-19(4,14-21)12-10-15-6-8-16(20)9-7-15/h6-9H,5,10-14,20H2,1-4H3. The van der Waals surface area contributed by atoms with Gasteiger partial charge >= 0.3 is 6.09 Å². The predicted octanol–water partition coefficient (Wildman–Crippen LogP) is 4.24. The Bertz CT molecular complexity index is 533. The number of hydrogen-bond donors (Lipinski definition) is 1. The van der Waals surface area contributed by atoms with Crippen molar-refractivity contribution in [1.82, 2.24) is 4.90 Å². The number of nitrogen functional groups attached to an aromatic ring is 1.